The number of aromatic nitrogens is 1. The molecule has 4 aromatic rings. The lowest BCUT2D eigenvalue weighted by Gasteiger charge is -2.61. The molecule has 7 atom stereocenters. The summed E-state index contributed by atoms with van der Waals surface area (Å²) in [5.41, 5.74) is 6.96. The van der Waals surface area contributed by atoms with Gasteiger partial charge in [-0.2, -0.15) is 5.26 Å². The van der Waals surface area contributed by atoms with Crippen molar-refractivity contribution in [1.82, 2.24) is 19.7 Å². The molecule has 8 heterocycles. The highest BCUT2D eigenvalue weighted by Gasteiger charge is 2.62. The van der Waals surface area contributed by atoms with Crippen molar-refractivity contribution in [3.8, 4) is 34.8 Å². The molecular weight excluding hydrogens is 807 g/mol. The number of ether oxygens (including phenoxy) is 6. The molecule has 2 saturated heterocycles. The van der Waals surface area contributed by atoms with E-state index < -0.39 is 34.9 Å². The van der Waals surface area contributed by atoms with Gasteiger partial charge in [-0.05, 0) is 56.5 Å². The maximum Gasteiger partial charge on any atom is 0.308 e. The Morgan fingerprint density at radius 1 is 1.11 bits per heavy atom. The minimum atomic E-state index is -1.16. The number of likely N-dealkylation sites (N-methyl/N-ethyl adjacent to an activating group) is 1. The highest BCUT2D eigenvalue weighted by molar-refractivity contribution is 7.99. The number of fused-ring (bicyclic) bond motifs is 12. The number of nitriles is 1. The fourth-order valence-corrected chi connectivity index (χ4v) is 13.5. The Bertz CT molecular complexity index is 2600. The zero-order valence-corrected chi connectivity index (χ0v) is 36.6. The number of benzene rings is 3. The Labute approximate surface area is 365 Å². The number of methoxy groups -OCH3 is 1. The van der Waals surface area contributed by atoms with Crippen LogP contribution in [0.1, 0.15) is 68.9 Å². The summed E-state index contributed by atoms with van der Waals surface area (Å²) in [4.78, 5) is 39.3. The molecule has 13 nitrogen and oxygen atoms in total. The van der Waals surface area contributed by atoms with E-state index in [9.17, 15) is 10.1 Å². The number of aromatic amines is 1. The molecule has 0 radical (unpaired) electrons. The number of piperazine rings is 1. The summed E-state index contributed by atoms with van der Waals surface area (Å²) < 4.78 is 38.3. The molecule has 1 spiro atoms. The fourth-order valence-electron chi connectivity index (χ4n) is 11.7. The van der Waals surface area contributed by atoms with Gasteiger partial charge in [0.05, 0.1) is 37.1 Å². The van der Waals surface area contributed by atoms with Gasteiger partial charge in [-0.15, -0.1) is 18.3 Å². The van der Waals surface area contributed by atoms with Crippen molar-refractivity contribution in [3.63, 3.8) is 0 Å². The Hall–Kier alpha value is -5.30. The van der Waals surface area contributed by atoms with Crippen LogP contribution in [0.2, 0.25) is 0 Å². The summed E-state index contributed by atoms with van der Waals surface area (Å²) in [5, 5.41) is 12.0. The largest absolute Gasteiger partial charge is 0.493 e. The van der Waals surface area contributed by atoms with Crippen LogP contribution in [0.25, 0.3) is 10.9 Å². The van der Waals surface area contributed by atoms with Crippen LogP contribution < -0.4 is 23.7 Å². The number of thioether (sulfide) groups is 1. The van der Waals surface area contributed by atoms with Crippen molar-refractivity contribution in [2.24, 2.45) is 0 Å². The molecule has 62 heavy (non-hydrogen) atoms. The van der Waals surface area contributed by atoms with Crippen molar-refractivity contribution >= 4 is 34.4 Å². The van der Waals surface area contributed by atoms with E-state index in [2.05, 4.69) is 64.2 Å². The topological polar surface area (TPSA) is 139 Å². The Morgan fingerprint density at radius 3 is 2.68 bits per heavy atom. The van der Waals surface area contributed by atoms with Crippen LogP contribution >= 0.6 is 11.8 Å². The highest BCUT2D eigenvalue weighted by atomic mass is 32.2. The lowest BCUT2D eigenvalue weighted by atomic mass is 9.71. The Morgan fingerprint density at radius 2 is 1.92 bits per heavy atom. The van der Waals surface area contributed by atoms with E-state index in [0.717, 1.165) is 56.4 Å². The number of esters is 1. The summed E-state index contributed by atoms with van der Waals surface area (Å²) in [6.07, 6.45) is 4.92. The number of rotatable bonds is 7. The molecule has 3 aromatic carbocycles. The van der Waals surface area contributed by atoms with Crippen LogP contribution in [0.3, 0.4) is 0 Å². The van der Waals surface area contributed by atoms with E-state index in [4.69, 9.17) is 28.4 Å². The lowest BCUT2D eigenvalue weighted by molar-refractivity contribution is -0.138. The van der Waals surface area contributed by atoms with E-state index in [1.165, 1.54) is 6.92 Å². The Balaban J connectivity index is 1.28. The number of carbonyl (C=O) groups is 2. The first kappa shape index (κ1) is 40.8. The molecule has 322 valence electrons. The second-order valence-corrected chi connectivity index (χ2v) is 18.2. The second-order valence-electron chi connectivity index (χ2n) is 17.1. The molecule has 1 N–H and O–H groups in total. The van der Waals surface area contributed by atoms with Gasteiger partial charge in [-0.1, -0.05) is 43.0 Å². The van der Waals surface area contributed by atoms with Crippen molar-refractivity contribution in [2.75, 3.05) is 59.6 Å². The first-order chi connectivity index (χ1) is 30.1. The van der Waals surface area contributed by atoms with Gasteiger partial charge >= 0.3 is 5.97 Å². The number of Topliss-reactive ketones (excluding diaryl/α,β-unsaturated/α-hetero) is 1. The summed E-state index contributed by atoms with van der Waals surface area (Å²) in [7, 11) is 3.75. The molecule has 0 aliphatic carbocycles. The van der Waals surface area contributed by atoms with Crippen molar-refractivity contribution in [2.45, 2.75) is 74.6 Å². The molecule has 4 bridgehead atoms. The van der Waals surface area contributed by atoms with E-state index in [1.807, 2.05) is 32.1 Å². The third-order valence-corrected chi connectivity index (χ3v) is 15.5. The maximum atomic E-state index is 15.4. The van der Waals surface area contributed by atoms with E-state index in [0.29, 0.717) is 59.6 Å². The first-order valence-electron chi connectivity index (χ1n) is 21.2. The van der Waals surface area contributed by atoms with Gasteiger partial charge in [0.2, 0.25) is 6.79 Å². The van der Waals surface area contributed by atoms with E-state index in [1.54, 1.807) is 24.9 Å². The van der Waals surface area contributed by atoms with Crippen LogP contribution in [0.5, 0.6) is 28.7 Å². The molecule has 7 aliphatic rings. The predicted octanol–water partition coefficient (Wildman–Crippen LogP) is 6.55. The smallest absolute Gasteiger partial charge is 0.308 e. The maximum absolute atomic E-state index is 15.4. The normalized spacial score (nSPS) is 27.6. The molecule has 0 amide bonds. The van der Waals surface area contributed by atoms with Gasteiger partial charge in [0.15, 0.2) is 28.8 Å². The summed E-state index contributed by atoms with van der Waals surface area (Å²) in [5.74, 6) is 2.48. The zero-order chi connectivity index (χ0) is 43.2. The van der Waals surface area contributed by atoms with E-state index in [-0.39, 0.29) is 44.5 Å². The number of carbonyl (C=O) groups excluding carboxylic acids is 2. The summed E-state index contributed by atoms with van der Waals surface area (Å²) >= 11 is 1.65. The predicted molar refractivity (Wildman–Crippen MR) is 234 cm³/mol. The summed E-state index contributed by atoms with van der Waals surface area (Å²) in [6, 6.07) is 10.9. The third kappa shape index (κ3) is 5.75. The molecule has 14 heteroatoms. The van der Waals surface area contributed by atoms with Crippen LogP contribution in [0.15, 0.2) is 55.6 Å². The SMILES string of the molecule is C=CCOc1c(OC)c(C)cc2c1[C@H]1C3[C@@H]4SC[C@]5(C(=O)COC[C@@H](c6c7c(c(C)c(OC(C)=O)c64)OCO7)N3[C@@H](C#N)[C@@H](C2)N1C)c1[nH]c2ccccc2c1CCN5CC=C. The number of nitrogens with one attached hydrogen (secondary N) is 1. The second kappa shape index (κ2) is 15.5. The average Bonchev–Trinajstić information content (AvgIpc) is 3.90. The van der Waals surface area contributed by atoms with Gasteiger partial charge in [0.1, 0.15) is 30.5 Å². The minimum Gasteiger partial charge on any atom is -0.493 e. The van der Waals surface area contributed by atoms with Crippen LogP contribution in [-0.4, -0.2) is 109 Å². The van der Waals surface area contributed by atoms with Gasteiger partial charge in [0.25, 0.3) is 0 Å². The third-order valence-electron chi connectivity index (χ3n) is 14.1. The fraction of sp³-hybridized carbons (Fsp3) is 0.438. The van der Waals surface area contributed by atoms with Crippen molar-refractivity contribution < 1.29 is 38.0 Å². The zero-order valence-electron chi connectivity index (χ0n) is 35.7. The van der Waals surface area contributed by atoms with Crippen LogP contribution in [0, 0.1) is 25.2 Å². The van der Waals surface area contributed by atoms with Crippen LogP contribution in [0.4, 0.5) is 0 Å². The molecule has 7 aliphatic heterocycles. The molecule has 11 rings (SSSR count). The number of nitrogens with zero attached hydrogens (tertiary/aromatic N) is 4. The highest BCUT2D eigenvalue weighted by Crippen LogP contribution is 2.65. The standard InChI is InChI=1S/C48H51N5O8S/c1-8-15-52-16-14-30-29-12-10-11-13-31(29)50-47(30)48(52)23-62-46-38-37(45-43(59-24-60-45)26(4)42(38)61-27(5)54)34(21-57-22-35(48)55)53-33(20-49)32-19-28-18-25(3)41(56-7)44(58-17-9-2)36(28)39(40(46)53)51(32)6/h8-13,18,32-34,39-40,46,50H,1-2,14-17,19,21-24H2,3-7H3/t32-,33+,34+,39+,40?,46-,48+/m1/s1. The van der Waals surface area contributed by atoms with Gasteiger partial charge in [0, 0.05) is 76.7 Å². The van der Waals surface area contributed by atoms with Gasteiger partial charge in [-0.3, -0.25) is 24.3 Å². The van der Waals surface area contributed by atoms with E-state index >= 15 is 4.79 Å². The number of hydrogen-bond acceptors (Lipinski definition) is 13. The number of ketones is 1. The number of para-hydroxylation sites is 1. The lowest BCUT2D eigenvalue weighted by Crippen LogP contribution is -2.69. The first-order valence-corrected chi connectivity index (χ1v) is 22.3. The van der Waals surface area contributed by atoms with Crippen molar-refractivity contribution in [1.29, 1.82) is 5.26 Å². The van der Waals surface area contributed by atoms with Crippen molar-refractivity contribution in [3.05, 3.63) is 100 Å². The number of hydrogen-bond donors (Lipinski definition) is 1. The number of H-pyrrole nitrogens is 1. The molecular formula is C48H51N5O8S. The molecule has 0 saturated carbocycles. The minimum absolute atomic E-state index is 0.0194. The van der Waals surface area contributed by atoms with Crippen LogP contribution in [-0.2, 0) is 32.7 Å². The molecule has 1 aromatic heterocycles. The van der Waals surface area contributed by atoms with Gasteiger partial charge < -0.3 is 33.4 Å². The Kier molecular flexibility index (Phi) is 10.2. The average molecular weight is 858 g/mol. The molecule has 2 fully saturated rings. The summed E-state index contributed by atoms with van der Waals surface area (Å²) in [6.45, 7) is 14.6. The van der Waals surface area contributed by atoms with Gasteiger partial charge in [-0.25, -0.2) is 0 Å². The quantitative estimate of drug-likeness (QED) is 0.122. The monoisotopic (exact) mass is 857 g/mol. The number of aryl methyl sites for hydroxylation is 1. The molecule has 1 unspecified atom stereocenters.